The largest absolute Gasteiger partial charge is 0.313 e. The van der Waals surface area contributed by atoms with Crippen molar-refractivity contribution < 1.29 is 0 Å². The van der Waals surface area contributed by atoms with Gasteiger partial charge in [0.05, 0.1) is 5.66 Å². The molecule has 0 spiro atoms. The van der Waals surface area contributed by atoms with Crippen LogP contribution in [0.4, 0.5) is 0 Å². The van der Waals surface area contributed by atoms with Crippen molar-refractivity contribution in [3.8, 4) is 0 Å². The topological polar surface area (TPSA) is 52.0 Å². The smallest absolute Gasteiger partial charge is 0.0665 e. The Labute approximate surface area is 159 Å². The Morgan fingerprint density at radius 3 is 1.48 bits per heavy atom. The molecule has 2 heteroatoms. The molecule has 0 fully saturated rings. The molecular formula is C23H48N2. The highest BCUT2D eigenvalue weighted by Gasteiger charge is 2.48. The molecular weight excluding hydrogens is 304 g/mol. The fourth-order valence-electron chi connectivity index (χ4n) is 3.82. The van der Waals surface area contributed by atoms with Gasteiger partial charge in [-0.25, -0.2) is 0 Å². The highest BCUT2D eigenvalue weighted by molar-refractivity contribution is 5.02. The first kappa shape index (κ1) is 24.7. The van der Waals surface area contributed by atoms with Crippen LogP contribution in [0.1, 0.15) is 118 Å². The van der Waals surface area contributed by atoms with E-state index in [0.29, 0.717) is 0 Å². The summed E-state index contributed by atoms with van der Waals surface area (Å²) < 4.78 is 0. The number of nitrogens with two attached hydrogens (primary N) is 2. The van der Waals surface area contributed by atoms with Crippen LogP contribution >= 0.6 is 0 Å². The van der Waals surface area contributed by atoms with E-state index in [4.69, 9.17) is 11.5 Å². The molecule has 0 heterocycles. The van der Waals surface area contributed by atoms with Crippen molar-refractivity contribution in [2.75, 3.05) is 0 Å². The third kappa shape index (κ3) is 8.73. The van der Waals surface area contributed by atoms with E-state index in [1.807, 2.05) is 13.0 Å². The Bertz CT molecular complexity index is 340. The Morgan fingerprint density at radius 2 is 1.12 bits per heavy atom. The van der Waals surface area contributed by atoms with Gasteiger partial charge < -0.3 is 11.5 Å². The van der Waals surface area contributed by atoms with Crippen LogP contribution in [0.3, 0.4) is 0 Å². The minimum Gasteiger partial charge on any atom is -0.313 e. The SMILES string of the molecule is C=CCC(C)(CCCCCCCCCCCCC)C(C)(C)C(C)(N)N. The second-order valence-electron chi connectivity index (χ2n) is 9.25. The van der Waals surface area contributed by atoms with E-state index in [-0.39, 0.29) is 10.8 Å². The normalized spacial score (nSPS) is 15.2. The molecule has 0 aromatic carbocycles. The molecule has 4 N–H and O–H groups in total. The number of rotatable bonds is 16. The molecule has 0 amide bonds. The van der Waals surface area contributed by atoms with Crippen molar-refractivity contribution >= 4 is 0 Å². The van der Waals surface area contributed by atoms with Crippen LogP contribution in [-0.4, -0.2) is 5.66 Å². The van der Waals surface area contributed by atoms with Gasteiger partial charge in [0.25, 0.3) is 0 Å². The van der Waals surface area contributed by atoms with Crippen LogP contribution in [0.15, 0.2) is 12.7 Å². The molecule has 0 rings (SSSR count). The standard InChI is InChI=1S/C23H48N2/c1-7-9-10-11-12-13-14-15-16-17-18-20-22(5,19-8-2)21(3,4)23(6,24)25/h8H,2,7,9-20,24-25H2,1,3-6H3. The maximum atomic E-state index is 6.30. The molecule has 0 aliphatic rings. The molecule has 0 aliphatic carbocycles. The second kappa shape index (κ2) is 12.1. The first-order valence-corrected chi connectivity index (χ1v) is 10.8. The summed E-state index contributed by atoms with van der Waals surface area (Å²) in [5.74, 6) is 0. The monoisotopic (exact) mass is 352 g/mol. The summed E-state index contributed by atoms with van der Waals surface area (Å²) in [5.41, 5.74) is 11.9. The van der Waals surface area contributed by atoms with Crippen molar-refractivity contribution in [3.63, 3.8) is 0 Å². The average Bonchev–Trinajstić information content (AvgIpc) is 2.51. The molecule has 0 aromatic heterocycles. The Balaban J connectivity index is 4.04. The molecule has 0 saturated heterocycles. The van der Waals surface area contributed by atoms with Crippen LogP contribution < -0.4 is 11.5 Å². The lowest BCUT2D eigenvalue weighted by molar-refractivity contribution is 0.00667. The number of hydrogen-bond acceptors (Lipinski definition) is 2. The molecule has 150 valence electrons. The van der Waals surface area contributed by atoms with Crippen molar-refractivity contribution in [1.29, 1.82) is 0 Å². The maximum absolute atomic E-state index is 6.30. The summed E-state index contributed by atoms with van der Waals surface area (Å²) in [6, 6.07) is 0. The van der Waals surface area contributed by atoms with E-state index in [9.17, 15) is 0 Å². The van der Waals surface area contributed by atoms with E-state index >= 15 is 0 Å². The van der Waals surface area contributed by atoms with Gasteiger partial charge in [0.2, 0.25) is 0 Å². The van der Waals surface area contributed by atoms with Gasteiger partial charge in [0.15, 0.2) is 0 Å². The highest BCUT2D eigenvalue weighted by Crippen LogP contribution is 2.49. The molecule has 0 aromatic rings. The third-order valence-electron chi connectivity index (χ3n) is 6.78. The zero-order valence-electron chi connectivity index (χ0n) is 18.1. The molecule has 0 aliphatic heterocycles. The molecule has 0 bridgehead atoms. The lowest BCUT2D eigenvalue weighted by Crippen LogP contribution is -2.63. The molecule has 25 heavy (non-hydrogen) atoms. The Hall–Kier alpha value is -0.340. The number of unbranched alkanes of at least 4 members (excludes halogenated alkanes) is 10. The van der Waals surface area contributed by atoms with Gasteiger partial charge in [-0.3, -0.25) is 0 Å². The lowest BCUT2D eigenvalue weighted by Gasteiger charge is -2.52. The average molecular weight is 353 g/mol. The van der Waals surface area contributed by atoms with Crippen LogP contribution in [0, 0.1) is 10.8 Å². The first-order valence-electron chi connectivity index (χ1n) is 10.8. The van der Waals surface area contributed by atoms with Gasteiger partial charge >= 0.3 is 0 Å². The van der Waals surface area contributed by atoms with E-state index in [2.05, 4.69) is 34.3 Å². The van der Waals surface area contributed by atoms with Crippen molar-refractivity contribution in [2.45, 2.75) is 124 Å². The van der Waals surface area contributed by atoms with Crippen molar-refractivity contribution in [2.24, 2.45) is 22.3 Å². The third-order valence-corrected chi connectivity index (χ3v) is 6.78. The van der Waals surface area contributed by atoms with Gasteiger partial charge in [-0.15, -0.1) is 6.58 Å². The summed E-state index contributed by atoms with van der Waals surface area (Å²) in [5, 5.41) is 0. The van der Waals surface area contributed by atoms with Gasteiger partial charge in [-0.1, -0.05) is 104 Å². The Kier molecular flexibility index (Phi) is 12.0. The molecule has 1 unspecified atom stereocenters. The molecule has 0 saturated carbocycles. The predicted octanol–water partition coefficient (Wildman–Crippen LogP) is 6.93. The fraction of sp³-hybridized carbons (Fsp3) is 0.913. The van der Waals surface area contributed by atoms with E-state index < -0.39 is 5.66 Å². The minimum atomic E-state index is -0.678. The van der Waals surface area contributed by atoms with Crippen LogP contribution in [-0.2, 0) is 0 Å². The molecule has 2 nitrogen and oxygen atoms in total. The summed E-state index contributed by atoms with van der Waals surface area (Å²) in [7, 11) is 0. The van der Waals surface area contributed by atoms with Gasteiger partial charge in [0.1, 0.15) is 0 Å². The second-order valence-corrected chi connectivity index (χ2v) is 9.25. The van der Waals surface area contributed by atoms with E-state index in [1.165, 1.54) is 77.0 Å². The van der Waals surface area contributed by atoms with Crippen LogP contribution in [0.2, 0.25) is 0 Å². The van der Waals surface area contributed by atoms with E-state index in [1.54, 1.807) is 0 Å². The fourth-order valence-corrected chi connectivity index (χ4v) is 3.82. The maximum Gasteiger partial charge on any atom is 0.0665 e. The van der Waals surface area contributed by atoms with Crippen LogP contribution in [0.5, 0.6) is 0 Å². The van der Waals surface area contributed by atoms with Gasteiger partial charge in [-0.05, 0) is 25.2 Å². The molecule has 0 radical (unpaired) electrons. The van der Waals surface area contributed by atoms with Gasteiger partial charge in [0, 0.05) is 5.41 Å². The lowest BCUT2D eigenvalue weighted by atomic mass is 9.57. The summed E-state index contributed by atoms with van der Waals surface area (Å²) in [4.78, 5) is 0. The first-order chi connectivity index (χ1) is 11.6. The highest BCUT2D eigenvalue weighted by atomic mass is 15.0. The summed E-state index contributed by atoms with van der Waals surface area (Å²) in [6.45, 7) is 15.0. The minimum absolute atomic E-state index is 0.103. The summed E-state index contributed by atoms with van der Waals surface area (Å²) in [6.07, 6.45) is 19.4. The van der Waals surface area contributed by atoms with Crippen LogP contribution in [0.25, 0.3) is 0 Å². The van der Waals surface area contributed by atoms with Crippen molar-refractivity contribution in [3.05, 3.63) is 12.7 Å². The number of hydrogen-bond donors (Lipinski definition) is 2. The summed E-state index contributed by atoms with van der Waals surface area (Å²) >= 11 is 0. The predicted molar refractivity (Wildman–Crippen MR) is 115 cm³/mol. The molecule has 1 atom stereocenters. The van der Waals surface area contributed by atoms with Crippen molar-refractivity contribution in [1.82, 2.24) is 0 Å². The van der Waals surface area contributed by atoms with Gasteiger partial charge in [-0.2, -0.15) is 0 Å². The Morgan fingerprint density at radius 1 is 0.720 bits per heavy atom. The zero-order valence-corrected chi connectivity index (χ0v) is 18.1. The number of allylic oxidation sites excluding steroid dienone is 1. The van der Waals surface area contributed by atoms with E-state index in [0.717, 1.165) is 6.42 Å². The zero-order chi connectivity index (χ0) is 19.4. The quantitative estimate of drug-likeness (QED) is 0.180.